The maximum Gasteiger partial charge on any atom is 0.225 e. The van der Waals surface area contributed by atoms with Crippen LogP contribution >= 0.6 is 24.8 Å². The molecule has 0 saturated heterocycles. The molecule has 29 heavy (non-hydrogen) atoms. The van der Waals surface area contributed by atoms with E-state index in [4.69, 9.17) is 15.2 Å². The van der Waals surface area contributed by atoms with Crippen LogP contribution in [0.2, 0.25) is 0 Å². The summed E-state index contributed by atoms with van der Waals surface area (Å²) in [6, 6.07) is 11.1. The summed E-state index contributed by atoms with van der Waals surface area (Å²) >= 11 is 0. The normalized spacial score (nSPS) is 24.2. The van der Waals surface area contributed by atoms with Crippen LogP contribution < -0.4 is 20.5 Å². The van der Waals surface area contributed by atoms with Gasteiger partial charge in [-0.2, -0.15) is 0 Å². The lowest BCUT2D eigenvalue weighted by Crippen LogP contribution is -2.45. The van der Waals surface area contributed by atoms with Gasteiger partial charge in [0, 0.05) is 30.4 Å². The van der Waals surface area contributed by atoms with Gasteiger partial charge in [0.25, 0.3) is 0 Å². The molecule has 0 aliphatic heterocycles. The smallest absolute Gasteiger partial charge is 0.225 e. The first kappa shape index (κ1) is 23.3. The van der Waals surface area contributed by atoms with Crippen LogP contribution in [0.25, 0.3) is 0 Å². The molecule has 158 valence electrons. The van der Waals surface area contributed by atoms with Crippen LogP contribution in [0.5, 0.6) is 17.4 Å². The van der Waals surface area contributed by atoms with E-state index >= 15 is 0 Å². The molecule has 0 radical (unpaired) electrons. The van der Waals surface area contributed by atoms with Gasteiger partial charge in [0.05, 0.1) is 13.0 Å². The molecule has 4 atom stereocenters. The van der Waals surface area contributed by atoms with E-state index in [0.29, 0.717) is 35.8 Å². The molecule has 2 saturated carbocycles. The molecule has 2 aliphatic rings. The molecule has 2 bridgehead atoms. The number of carbonyl (C=O) groups excluding carboxylic acids is 1. The zero-order chi connectivity index (χ0) is 18.8. The van der Waals surface area contributed by atoms with Gasteiger partial charge in [0.15, 0.2) is 0 Å². The Bertz CT molecular complexity index is 834. The summed E-state index contributed by atoms with van der Waals surface area (Å²) < 4.78 is 11.1. The van der Waals surface area contributed by atoms with Gasteiger partial charge in [-0.3, -0.25) is 4.79 Å². The highest BCUT2D eigenvalue weighted by atomic mass is 35.5. The number of ether oxygens (including phenoxy) is 2. The van der Waals surface area contributed by atoms with Gasteiger partial charge in [-0.15, -0.1) is 24.8 Å². The summed E-state index contributed by atoms with van der Waals surface area (Å²) in [5.41, 5.74) is 7.11. The predicted molar refractivity (Wildman–Crippen MR) is 116 cm³/mol. The second kappa shape index (κ2) is 10.1. The average molecular weight is 440 g/mol. The summed E-state index contributed by atoms with van der Waals surface area (Å²) in [6.45, 7) is 0.368. The van der Waals surface area contributed by atoms with Gasteiger partial charge in [-0.1, -0.05) is 12.1 Å². The Morgan fingerprint density at radius 3 is 2.66 bits per heavy atom. The number of pyridine rings is 1. The summed E-state index contributed by atoms with van der Waals surface area (Å²) in [5.74, 6) is 2.75. The number of nitrogens with one attached hydrogen (secondary N) is 1. The van der Waals surface area contributed by atoms with Crippen LogP contribution in [-0.4, -0.2) is 24.0 Å². The minimum Gasteiger partial charge on any atom is -0.497 e. The fraction of sp³-hybridized carbons (Fsp3) is 0.429. The van der Waals surface area contributed by atoms with Crippen molar-refractivity contribution in [2.45, 2.75) is 31.8 Å². The Morgan fingerprint density at radius 1 is 1.17 bits per heavy atom. The fourth-order valence-electron chi connectivity index (χ4n) is 4.45. The maximum absolute atomic E-state index is 12.7. The Morgan fingerprint density at radius 2 is 1.93 bits per heavy atom. The van der Waals surface area contributed by atoms with Crippen LogP contribution in [0.3, 0.4) is 0 Å². The lowest BCUT2D eigenvalue weighted by atomic mass is 9.84. The molecule has 4 unspecified atom stereocenters. The molecular formula is C21H27Cl2N3O3. The Labute approximate surface area is 183 Å². The maximum atomic E-state index is 12.7. The van der Waals surface area contributed by atoms with Crippen molar-refractivity contribution in [2.24, 2.45) is 23.5 Å². The molecule has 1 aromatic heterocycles. The summed E-state index contributed by atoms with van der Waals surface area (Å²) in [5, 5.41) is 3.04. The third-order valence-corrected chi connectivity index (χ3v) is 5.84. The number of halogens is 2. The minimum absolute atomic E-state index is 0. The van der Waals surface area contributed by atoms with Crippen molar-refractivity contribution in [1.29, 1.82) is 0 Å². The van der Waals surface area contributed by atoms with E-state index in [1.54, 1.807) is 19.4 Å². The van der Waals surface area contributed by atoms with Crippen LogP contribution in [0.4, 0.5) is 0 Å². The molecule has 1 aromatic carbocycles. The minimum atomic E-state index is -0.0665. The SMILES string of the molecule is COc1cccc(Oc2ncccc2CNC(=O)C2C3CCC(C3)C2N)c1.Cl.Cl. The van der Waals surface area contributed by atoms with Crippen LogP contribution in [0.1, 0.15) is 24.8 Å². The standard InChI is InChI=1S/C21H25N3O3.2ClH/c1-26-16-5-2-6-17(11-16)27-21-15(4-3-9-23-21)12-24-20(25)18-13-7-8-14(10-13)19(18)22;;/h2-6,9,11,13-14,18-19H,7-8,10,12,22H2,1H3,(H,24,25);2*1H. The molecule has 3 N–H and O–H groups in total. The zero-order valence-electron chi connectivity index (χ0n) is 16.2. The number of methoxy groups -OCH3 is 1. The number of hydrogen-bond acceptors (Lipinski definition) is 5. The van der Waals surface area contributed by atoms with Gasteiger partial charge >= 0.3 is 0 Å². The van der Waals surface area contributed by atoms with E-state index < -0.39 is 0 Å². The lowest BCUT2D eigenvalue weighted by molar-refractivity contribution is -0.127. The third-order valence-electron chi connectivity index (χ3n) is 5.84. The quantitative estimate of drug-likeness (QED) is 0.715. The molecule has 2 aliphatic carbocycles. The molecule has 2 aromatic rings. The molecule has 8 heteroatoms. The van der Waals surface area contributed by atoms with Crippen molar-refractivity contribution in [3.63, 3.8) is 0 Å². The number of aromatic nitrogens is 1. The van der Waals surface area contributed by atoms with Gasteiger partial charge in [-0.25, -0.2) is 4.98 Å². The first-order valence-electron chi connectivity index (χ1n) is 9.45. The number of nitrogens with two attached hydrogens (primary N) is 1. The van der Waals surface area contributed by atoms with Gasteiger partial charge in [0.1, 0.15) is 11.5 Å². The van der Waals surface area contributed by atoms with Crippen molar-refractivity contribution in [2.75, 3.05) is 7.11 Å². The molecule has 6 nitrogen and oxygen atoms in total. The Kier molecular flexibility index (Phi) is 8.14. The van der Waals surface area contributed by atoms with Gasteiger partial charge in [0.2, 0.25) is 11.8 Å². The first-order chi connectivity index (χ1) is 13.2. The lowest BCUT2D eigenvalue weighted by Gasteiger charge is -2.27. The topological polar surface area (TPSA) is 86.5 Å². The third kappa shape index (κ3) is 4.94. The number of rotatable bonds is 6. The number of carbonyl (C=O) groups is 1. The van der Waals surface area contributed by atoms with E-state index in [-0.39, 0.29) is 42.7 Å². The number of nitrogens with zero attached hydrogens (tertiary/aromatic N) is 1. The van der Waals surface area contributed by atoms with E-state index in [1.165, 1.54) is 0 Å². The van der Waals surface area contributed by atoms with E-state index in [0.717, 1.165) is 24.8 Å². The van der Waals surface area contributed by atoms with Gasteiger partial charge in [-0.05, 0) is 49.3 Å². The van der Waals surface area contributed by atoms with Crippen molar-refractivity contribution >= 4 is 30.7 Å². The van der Waals surface area contributed by atoms with Crippen LogP contribution in [0.15, 0.2) is 42.6 Å². The number of amides is 1. The van der Waals surface area contributed by atoms with Crippen molar-refractivity contribution < 1.29 is 14.3 Å². The highest BCUT2D eigenvalue weighted by molar-refractivity contribution is 5.85. The van der Waals surface area contributed by atoms with E-state index in [1.807, 2.05) is 30.3 Å². The van der Waals surface area contributed by atoms with Crippen molar-refractivity contribution in [1.82, 2.24) is 10.3 Å². The molecule has 2 fully saturated rings. The molecule has 0 spiro atoms. The molecular weight excluding hydrogens is 413 g/mol. The molecule has 4 rings (SSSR count). The summed E-state index contributed by atoms with van der Waals surface area (Å²) in [6.07, 6.45) is 5.05. The van der Waals surface area contributed by atoms with Gasteiger partial charge < -0.3 is 20.5 Å². The second-order valence-electron chi connectivity index (χ2n) is 7.40. The predicted octanol–water partition coefficient (Wildman–Crippen LogP) is 3.72. The molecule has 1 heterocycles. The highest BCUT2D eigenvalue weighted by Crippen LogP contribution is 2.47. The van der Waals surface area contributed by atoms with E-state index in [2.05, 4.69) is 10.3 Å². The Balaban J connectivity index is 0.00000150. The second-order valence-corrected chi connectivity index (χ2v) is 7.40. The van der Waals surface area contributed by atoms with E-state index in [9.17, 15) is 4.79 Å². The van der Waals surface area contributed by atoms with Crippen molar-refractivity contribution in [3.8, 4) is 17.4 Å². The van der Waals surface area contributed by atoms with Crippen LogP contribution in [-0.2, 0) is 11.3 Å². The number of benzene rings is 1. The summed E-state index contributed by atoms with van der Waals surface area (Å²) in [7, 11) is 1.61. The largest absolute Gasteiger partial charge is 0.497 e. The fourth-order valence-corrected chi connectivity index (χ4v) is 4.45. The Hall–Kier alpha value is -2.02. The first-order valence-corrected chi connectivity index (χ1v) is 9.45. The number of hydrogen-bond donors (Lipinski definition) is 2. The zero-order valence-corrected chi connectivity index (χ0v) is 17.9. The molecule has 1 amide bonds. The number of fused-ring (bicyclic) bond motifs is 2. The van der Waals surface area contributed by atoms with Crippen LogP contribution in [0, 0.1) is 17.8 Å². The monoisotopic (exact) mass is 439 g/mol. The highest BCUT2D eigenvalue weighted by Gasteiger charge is 2.48. The average Bonchev–Trinajstić information content (AvgIpc) is 3.28. The van der Waals surface area contributed by atoms with Crippen molar-refractivity contribution in [3.05, 3.63) is 48.2 Å². The summed E-state index contributed by atoms with van der Waals surface area (Å²) in [4.78, 5) is 17.0.